The van der Waals surface area contributed by atoms with E-state index in [1.54, 1.807) is 0 Å². The Morgan fingerprint density at radius 1 is 0.629 bits per heavy atom. The van der Waals surface area contributed by atoms with Crippen molar-refractivity contribution in [3.8, 4) is 22.5 Å². The van der Waals surface area contributed by atoms with Crippen LogP contribution in [-0.4, -0.2) is 37.0 Å². The number of aromatic nitrogens is 2. The summed E-state index contributed by atoms with van der Waals surface area (Å²) in [4.78, 5) is 20.6. The van der Waals surface area contributed by atoms with Gasteiger partial charge in [0.1, 0.15) is 0 Å². The molecule has 4 aromatic carbocycles. The van der Waals surface area contributed by atoms with E-state index in [2.05, 4.69) is 138 Å². The van der Waals surface area contributed by atoms with Crippen LogP contribution >= 0.6 is 0 Å². The molecule has 6 aromatic rings. The molecular weight excluding hydrogens is 969 g/mol. The van der Waals surface area contributed by atoms with Gasteiger partial charge in [-0.1, -0.05) is 140 Å². The predicted octanol–water partition coefficient (Wildman–Crippen LogP) is 14.2. The number of fused-ring (bicyclic) bond motifs is 2. The molecule has 0 aliphatic rings. The van der Waals surface area contributed by atoms with Gasteiger partial charge in [-0.15, -0.1) is 69.8 Å². The normalized spacial score (nSPS) is 12.8. The second-order valence-corrected chi connectivity index (χ2v) is 28.9. The fourth-order valence-electron chi connectivity index (χ4n) is 8.28. The minimum Gasteiger partial charge on any atom is -0.512 e. The van der Waals surface area contributed by atoms with Gasteiger partial charge >= 0.3 is 0 Å². The van der Waals surface area contributed by atoms with Crippen LogP contribution in [0.25, 0.3) is 44.1 Å². The van der Waals surface area contributed by atoms with Crippen molar-refractivity contribution in [2.45, 2.75) is 134 Å². The zero-order valence-corrected chi connectivity index (χ0v) is 44.7. The van der Waals surface area contributed by atoms with E-state index in [0.717, 1.165) is 92.0 Å². The first-order chi connectivity index (χ1) is 30.2. The molecule has 0 aliphatic carbocycles. The van der Waals surface area contributed by atoms with E-state index in [-0.39, 0.29) is 67.9 Å². The number of carbonyl (C=O) groups is 1. The third-order valence-electron chi connectivity index (χ3n) is 11.5. The van der Waals surface area contributed by atoms with E-state index in [1.165, 1.54) is 27.6 Å². The molecule has 2 aromatic heterocycles. The molecule has 2 heterocycles. The summed E-state index contributed by atoms with van der Waals surface area (Å²) in [5.74, 6) is 0.547. The molecule has 0 aliphatic heterocycles. The monoisotopic (exact) mass is 1050 g/mol. The Morgan fingerprint density at radius 2 is 1.00 bits per heavy atom. The summed E-state index contributed by atoms with van der Waals surface area (Å²) in [6.45, 7) is 34.4. The number of aliphatic hydroxyl groups excluding tert-OH is 1. The number of pyridine rings is 2. The van der Waals surface area contributed by atoms with E-state index < -0.39 is 16.1 Å². The maximum absolute atomic E-state index is 11.7. The maximum atomic E-state index is 11.7. The molecule has 0 fully saturated rings. The van der Waals surface area contributed by atoms with Crippen molar-refractivity contribution in [3.63, 3.8) is 0 Å². The Bertz CT molecular complexity index is 2530. The number of rotatable bonds is 11. The fraction of sp³-hybridized carbons (Fsp3) is 0.400. The first-order valence-electron chi connectivity index (χ1n) is 24.1. The largest absolute Gasteiger partial charge is 0.512 e. The van der Waals surface area contributed by atoms with E-state index in [0.29, 0.717) is 0 Å². The summed E-state index contributed by atoms with van der Waals surface area (Å²) in [6.07, 6.45) is 4.96. The van der Waals surface area contributed by atoms with Crippen LogP contribution in [0.4, 0.5) is 0 Å². The van der Waals surface area contributed by atoms with Gasteiger partial charge in [0.2, 0.25) is 0 Å². The maximum Gasteiger partial charge on any atom is 0.162 e. The molecule has 1 radical (unpaired) electrons. The number of ketones is 1. The quantitative estimate of drug-likeness (QED) is 0.0608. The zero-order valence-electron chi connectivity index (χ0n) is 44.3. The Balaban J connectivity index is 0.000000271. The van der Waals surface area contributed by atoms with E-state index in [9.17, 15) is 9.90 Å². The van der Waals surface area contributed by atoms with Crippen LogP contribution in [0.5, 0.6) is 0 Å². The molecule has 0 unspecified atom stereocenters. The molecule has 7 heteroatoms. The predicted molar refractivity (Wildman–Crippen MR) is 270 cm³/mol. The molecule has 0 amide bonds. The van der Waals surface area contributed by atoms with Crippen LogP contribution in [0.3, 0.4) is 0 Å². The van der Waals surface area contributed by atoms with Gasteiger partial charge in [0.05, 0.1) is 27.4 Å². The molecule has 0 saturated carbocycles. The summed E-state index contributed by atoms with van der Waals surface area (Å²) in [5, 5.41) is 16.0. The van der Waals surface area contributed by atoms with Crippen LogP contribution in [0.1, 0.15) is 92.2 Å². The van der Waals surface area contributed by atoms with Crippen LogP contribution < -0.4 is 10.4 Å². The van der Waals surface area contributed by atoms with Crippen LogP contribution in [0.15, 0.2) is 84.8 Å². The molecule has 0 bridgehead atoms. The number of allylic oxidation sites excluding steroid dienone is 2. The average molecular weight is 1050 g/mol. The second-order valence-electron chi connectivity index (χ2n) is 18.8. The van der Waals surface area contributed by atoms with E-state index in [4.69, 9.17) is 5.48 Å². The van der Waals surface area contributed by atoms with Gasteiger partial charge in [0.15, 0.2) is 5.78 Å². The number of aryl methyl sites for hydroxylation is 6. The van der Waals surface area contributed by atoms with Crippen molar-refractivity contribution < 1.29 is 35.5 Å². The van der Waals surface area contributed by atoms with Crippen molar-refractivity contribution in [3.05, 3.63) is 130 Å². The van der Waals surface area contributed by atoms with Gasteiger partial charge < -0.3 is 15.1 Å². The molecule has 1 N–H and O–H groups in total. The fourth-order valence-corrected chi connectivity index (χ4v) is 11.9. The summed E-state index contributed by atoms with van der Waals surface area (Å²) < 4.78 is 33.1. The van der Waals surface area contributed by atoms with Crippen molar-refractivity contribution in [2.24, 2.45) is 11.8 Å². The molecule has 333 valence electrons. The van der Waals surface area contributed by atoms with Crippen LogP contribution in [0.2, 0.25) is 39.3 Å². The Kier molecular flexibility index (Phi) is 16.7. The topological polar surface area (TPSA) is 63.1 Å². The van der Waals surface area contributed by atoms with Gasteiger partial charge in [-0.2, -0.15) is 0 Å². The zero-order chi connectivity index (χ0) is 48.9. The van der Waals surface area contributed by atoms with Gasteiger partial charge in [-0.05, 0) is 84.5 Å². The molecular formula is C55H72IrN2O2Si2-2. The third-order valence-corrected chi connectivity index (χ3v) is 15.8. The third kappa shape index (κ3) is 13.5. The minimum absolute atomic E-state index is 0. The van der Waals surface area contributed by atoms with Gasteiger partial charge in [0, 0.05) is 50.4 Å². The second kappa shape index (κ2) is 22.6. The first kappa shape index (κ1) is 46.0. The average Bonchev–Trinajstić information content (AvgIpc) is 3.20. The van der Waals surface area contributed by atoms with E-state index >= 15 is 0 Å². The van der Waals surface area contributed by atoms with Crippen molar-refractivity contribution in [1.29, 1.82) is 0 Å². The van der Waals surface area contributed by atoms with Gasteiger partial charge in [-0.25, -0.2) is 0 Å². The number of benzene rings is 4. The molecule has 6 rings (SSSR count). The minimum atomic E-state index is -1.52. The van der Waals surface area contributed by atoms with Crippen molar-refractivity contribution in [2.75, 3.05) is 0 Å². The first-order valence-corrected chi connectivity index (χ1v) is 29.1. The van der Waals surface area contributed by atoms with Crippen molar-refractivity contribution >= 4 is 53.8 Å². The number of aliphatic hydroxyl groups is 1. The summed E-state index contributed by atoms with van der Waals surface area (Å²) in [6, 6.07) is 24.0. The summed E-state index contributed by atoms with van der Waals surface area (Å²) in [5.41, 5.74) is 10.2. The van der Waals surface area contributed by atoms with E-state index in [1.807, 2.05) is 41.5 Å². The SMILES string of the molecule is CCC(CC)C(=O)/C=C(\O)C(CC)CC.[2H]c1nc(-c2[c-]c(C)cc(C)c2)c2cc(C)c([Si](C)(C)C)cc2c1[2H].[2H]c1nc(-c2[c-]c(C)cc(C)c2)c2cc(C)c([Si](C)(C)C)cc2c1[2H].[Ir]. The Morgan fingerprint density at radius 3 is 1.32 bits per heavy atom. The Labute approximate surface area is 396 Å². The number of hydrogen-bond acceptors (Lipinski definition) is 4. The van der Waals surface area contributed by atoms with Crippen molar-refractivity contribution in [1.82, 2.24) is 9.97 Å². The van der Waals surface area contributed by atoms with Crippen LogP contribution in [0, 0.1) is 65.5 Å². The number of hydrogen-bond donors (Lipinski definition) is 1. The van der Waals surface area contributed by atoms with Gasteiger partial charge in [-0.3, -0.25) is 4.79 Å². The smallest absolute Gasteiger partial charge is 0.162 e. The molecule has 0 atom stereocenters. The van der Waals surface area contributed by atoms with Gasteiger partial charge in [0.25, 0.3) is 0 Å². The number of carbonyl (C=O) groups excluding carboxylic acids is 1. The molecule has 0 saturated heterocycles. The standard InChI is InChI=1S/2C21H24NSi.C13H24O2.Ir/c2*1-14-9-15(2)11-18(10-14)21-19-12-16(3)20(23(4,5)6)13-17(19)7-8-22-21;1-5-10(6-2)12(14)9-13(15)11(7-3)8-4;/h2*7-10,12-13H,1-6H3;9-11,14H,5-8H2,1-4H3;/q2*-1;;/b;;12-9-;/i2*7D,8D;;. The summed E-state index contributed by atoms with van der Waals surface area (Å²) >= 11 is 0. The van der Waals surface area contributed by atoms with Crippen LogP contribution in [-0.2, 0) is 24.9 Å². The summed E-state index contributed by atoms with van der Waals surface area (Å²) in [7, 11) is -3.05. The number of nitrogens with zero attached hydrogens (tertiary/aromatic N) is 2. The molecule has 62 heavy (non-hydrogen) atoms. The molecule has 0 spiro atoms. The Hall–Kier alpha value is -4.01. The molecule has 4 nitrogen and oxygen atoms in total.